The van der Waals surface area contributed by atoms with Crippen molar-refractivity contribution in [2.75, 3.05) is 13.2 Å². The van der Waals surface area contributed by atoms with Crippen molar-refractivity contribution >= 4 is 24.0 Å². The zero-order chi connectivity index (χ0) is 24.3. The molecule has 1 aromatic rings. The van der Waals surface area contributed by atoms with E-state index in [0.717, 1.165) is 38.5 Å². The minimum Gasteiger partial charge on any atom is -0.478 e. The van der Waals surface area contributed by atoms with E-state index in [-0.39, 0.29) is 24.4 Å². The number of hydrogen-bond acceptors (Lipinski definition) is 5. The van der Waals surface area contributed by atoms with E-state index >= 15 is 0 Å². The van der Waals surface area contributed by atoms with Gasteiger partial charge in [-0.2, -0.15) is 0 Å². The Morgan fingerprint density at radius 3 is 1.55 bits per heavy atom. The summed E-state index contributed by atoms with van der Waals surface area (Å²) in [7, 11) is 0. The van der Waals surface area contributed by atoms with Crippen molar-refractivity contribution in [2.24, 2.45) is 0 Å². The maximum absolute atomic E-state index is 12.6. The Kier molecular flexibility index (Phi) is 15.4. The molecule has 0 heterocycles. The standard InChI is InChI=1S/C27H40O6/c1-3-5-7-9-11-13-19-32-26(30)24(21-22-15-17-23(18-16-22)25(28)29)27(31)33-20-14-12-10-8-6-4-2/h15-18,21H,3-14,19-20H2,1-2H3,(H,28,29). The third kappa shape index (κ3) is 12.9. The van der Waals surface area contributed by atoms with E-state index in [4.69, 9.17) is 14.6 Å². The molecule has 0 saturated carbocycles. The van der Waals surface area contributed by atoms with Crippen LogP contribution in [0.15, 0.2) is 29.8 Å². The number of rotatable bonds is 18. The van der Waals surface area contributed by atoms with Crippen LogP contribution >= 0.6 is 0 Å². The summed E-state index contributed by atoms with van der Waals surface area (Å²) in [6, 6.07) is 5.95. The van der Waals surface area contributed by atoms with Crippen LogP contribution in [0, 0.1) is 0 Å². The van der Waals surface area contributed by atoms with E-state index in [9.17, 15) is 14.4 Å². The van der Waals surface area contributed by atoms with Gasteiger partial charge in [0.1, 0.15) is 5.57 Å². The molecule has 0 spiro atoms. The molecule has 0 fully saturated rings. The molecule has 0 aliphatic carbocycles. The number of hydrogen-bond donors (Lipinski definition) is 1. The van der Waals surface area contributed by atoms with Gasteiger partial charge in [-0.15, -0.1) is 0 Å². The van der Waals surface area contributed by atoms with Gasteiger partial charge in [0.15, 0.2) is 0 Å². The maximum atomic E-state index is 12.6. The van der Waals surface area contributed by atoms with Crippen LogP contribution < -0.4 is 0 Å². The number of benzene rings is 1. The fourth-order valence-electron chi connectivity index (χ4n) is 3.34. The summed E-state index contributed by atoms with van der Waals surface area (Å²) in [5.41, 5.74) is 0.489. The van der Waals surface area contributed by atoms with Crippen molar-refractivity contribution in [3.05, 3.63) is 41.0 Å². The van der Waals surface area contributed by atoms with Gasteiger partial charge in [-0.3, -0.25) is 0 Å². The Morgan fingerprint density at radius 1 is 0.697 bits per heavy atom. The number of aromatic carboxylic acids is 1. The molecule has 0 radical (unpaired) electrons. The van der Waals surface area contributed by atoms with E-state index in [2.05, 4.69) is 13.8 Å². The van der Waals surface area contributed by atoms with E-state index < -0.39 is 17.9 Å². The molecule has 6 nitrogen and oxygen atoms in total. The van der Waals surface area contributed by atoms with Crippen LogP contribution in [0.25, 0.3) is 6.08 Å². The average molecular weight is 461 g/mol. The highest BCUT2D eigenvalue weighted by molar-refractivity contribution is 6.17. The molecule has 0 unspecified atom stereocenters. The van der Waals surface area contributed by atoms with Gasteiger partial charge in [0.25, 0.3) is 0 Å². The molecule has 1 N–H and O–H groups in total. The zero-order valence-corrected chi connectivity index (χ0v) is 20.3. The van der Waals surface area contributed by atoms with Crippen LogP contribution in [0.2, 0.25) is 0 Å². The van der Waals surface area contributed by atoms with E-state index in [1.807, 2.05) is 0 Å². The van der Waals surface area contributed by atoms with Crippen LogP contribution in [0.5, 0.6) is 0 Å². The van der Waals surface area contributed by atoms with Crippen molar-refractivity contribution in [3.63, 3.8) is 0 Å². The minimum atomic E-state index is -1.04. The van der Waals surface area contributed by atoms with Crippen molar-refractivity contribution in [2.45, 2.75) is 90.9 Å². The van der Waals surface area contributed by atoms with Gasteiger partial charge >= 0.3 is 17.9 Å². The topological polar surface area (TPSA) is 89.9 Å². The van der Waals surface area contributed by atoms with Gasteiger partial charge in [-0.1, -0.05) is 90.2 Å². The SMILES string of the molecule is CCCCCCCCOC(=O)C(=Cc1ccc(C(=O)O)cc1)C(=O)OCCCCCCCC. The maximum Gasteiger partial charge on any atom is 0.345 e. The lowest BCUT2D eigenvalue weighted by molar-refractivity contribution is -0.147. The lowest BCUT2D eigenvalue weighted by Gasteiger charge is -2.10. The molecular weight excluding hydrogens is 420 g/mol. The van der Waals surface area contributed by atoms with Gasteiger partial charge in [0.2, 0.25) is 0 Å². The van der Waals surface area contributed by atoms with Crippen molar-refractivity contribution in [3.8, 4) is 0 Å². The van der Waals surface area contributed by atoms with E-state index in [0.29, 0.717) is 5.56 Å². The molecule has 0 amide bonds. The first kappa shape index (κ1) is 28.4. The first-order chi connectivity index (χ1) is 16.0. The summed E-state index contributed by atoms with van der Waals surface area (Å²) in [6.07, 6.45) is 14.2. The summed E-state index contributed by atoms with van der Waals surface area (Å²) < 4.78 is 10.7. The van der Waals surface area contributed by atoms with Crippen LogP contribution in [-0.4, -0.2) is 36.2 Å². The Morgan fingerprint density at radius 2 is 1.12 bits per heavy atom. The first-order valence-corrected chi connectivity index (χ1v) is 12.4. The van der Waals surface area contributed by atoms with Gasteiger partial charge < -0.3 is 14.6 Å². The Labute approximate surface area is 198 Å². The summed E-state index contributed by atoms with van der Waals surface area (Å²) in [5, 5.41) is 9.05. The summed E-state index contributed by atoms with van der Waals surface area (Å²) in [4.78, 5) is 36.3. The highest BCUT2D eigenvalue weighted by atomic mass is 16.6. The molecule has 0 aliphatic rings. The number of carboxylic acids is 1. The van der Waals surface area contributed by atoms with Crippen LogP contribution in [-0.2, 0) is 19.1 Å². The van der Waals surface area contributed by atoms with E-state index in [1.165, 1.54) is 56.7 Å². The fourth-order valence-corrected chi connectivity index (χ4v) is 3.34. The molecule has 0 aromatic heterocycles. The molecule has 1 rings (SSSR count). The monoisotopic (exact) mass is 460 g/mol. The number of ether oxygens (including phenoxy) is 2. The van der Waals surface area contributed by atoms with E-state index in [1.54, 1.807) is 12.1 Å². The number of unbranched alkanes of at least 4 members (excludes halogenated alkanes) is 10. The van der Waals surface area contributed by atoms with Crippen LogP contribution in [0.1, 0.15) is 107 Å². The predicted molar refractivity (Wildman–Crippen MR) is 130 cm³/mol. The second-order valence-electron chi connectivity index (χ2n) is 8.29. The summed E-state index contributed by atoms with van der Waals surface area (Å²) >= 11 is 0. The molecule has 0 saturated heterocycles. The minimum absolute atomic E-state index is 0.130. The summed E-state index contributed by atoms with van der Waals surface area (Å²) in [5.74, 6) is -2.46. The third-order valence-electron chi connectivity index (χ3n) is 5.37. The third-order valence-corrected chi connectivity index (χ3v) is 5.37. The highest BCUT2D eigenvalue weighted by Gasteiger charge is 2.21. The Balaban J connectivity index is 2.68. The molecular formula is C27H40O6. The van der Waals surface area contributed by atoms with Gasteiger partial charge in [-0.05, 0) is 36.6 Å². The van der Waals surface area contributed by atoms with Crippen molar-refractivity contribution in [1.29, 1.82) is 0 Å². The molecule has 184 valence electrons. The first-order valence-electron chi connectivity index (χ1n) is 12.4. The van der Waals surface area contributed by atoms with Gasteiger partial charge in [0, 0.05) is 0 Å². The van der Waals surface area contributed by atoms with Crippen LogP contribution in [0.4, 0.5) is 0 Å². The molecule has 0 bridgehead atoms. The normalized spacial score (nSPS) is 10.5. The second kappa shape index (κ2) is 17.9. The number of esters is 2. The van der Waals surface area contributed by atoms with Crippen molar-refractivity contribution < 1.29 is 29.0 Å². The molecule has 33 heavy (non-hydrogen) atoms. The van der Waals surface area contributed by atoms with Crippen LogP contribution in [0.3, 0.4) is 0 Å². The summed E-state index contributed by atoms with van der Waals surface area (Å²) in [6.45, 7) is 4.84. The Bertz CT molecular complexity index is 703. The zero-order valence-electron chi connectivity index (χ0n) is 20.3. The van der Waals surface area contributed by atoms with Crippen molar-refractivity contribution in [1.82, 2.24) is 0 Å². The number of carbonyl (C=O) groups is 3. The smallest absolute Gasteiger partial charge is 0.345 e. The largest absolute Gasteiger partial charge is 0.478 e. The fraction of sp³-hybridized carbons (Fsp3) is 0.593. The lowest BCUT2D eigenvalue weighted by Crippen LogP contribution is -2.19. The van der Waals surface area contributed by atoms with Gasteiger partial charge in [0.05, 0.1) is 18.8 Å². The predicted octanol–water partition coefficient (Wildman–Crippen LogP) is 6.58. The number of carboxylic acid groups (broad SMARTS) is 1. The second-order valence-corrected chi connectivity index (χ2v) is 8.29. The number of carbonyl (C=O) groups excluding carboxylic acids is 2. The molecule has 0 atom stereocenters. The highest BCUT2D eigenvalue weighted by Crippen LogP contribution is 2.14. The van der Waals surface area contributed by atoms with Gasteiger partial charge in [-0.25, -0.2) is 14.4 Å². The molecule has 1 aromatic carbocycles. The average Bonchev–Trinajstić information content (AvgIpc) is 2.81. The molecule has 6 heteroatoms. The lowest BCUT2D eigenvalue weighted by atomic mass is 10.1. The quantitative estimate of drug-likeness (QED) is 0.0875. The molecule has 0 aliphatic heterocycles. The Hall–Kier alpha value is -2.63.